The van der Waals surface area contributed by atoms with Crippen molar-refractivity contribution in [3.8, 4) is 0 Å². The smallest absolute Gasteiger partial charge is 0.240 e. The minimum Gasteiger partial charge on any atom is -0.363 e. The van der Waals surface area contributed by atoms with Crippen LogP contribution < -0.4 is 26.1 Å². The zero-order valence-corrected chi connectivity index (χ0v) is 19.1. The predicted molar refractivity (Wildman–Crippen MR) is 131 cm³/mol. The van der Waals surface area contributed by atoms with Crippen molar-refractivity contribution < 1.29 is 4.57 Å². The molecule has 0 aliphatic rings. The van der Waals surface area contributed by atoms with Gasteiger partial charge in [-0.2, -0.15) is 0 Å². The Bertz CT molecular complexity index is 1320. The van der Waals surface area contributed by atoms with Crippen molar-refractivity contribution >= 4 is 46.8 Å². The molecule has 5 N–H and O–H groups in total. The molecule has 4 aromatic rings. The first-order valence-electron chi connectivity index (χ1n) is 10.2. The molecule has 0 radical (unpaired) electrons. The molecule has 33 heavy (non-hydrogen) atoms. The van der Waals surface area contributed by atoms with Crippen LogP contribution in [-0.4, -0.2) is 29.0 Å². The number of hydrogen-bond acceptors (Lipinski definition) is 8. The monoisotopic (exact) mass is 461 g/mol. The molecule has 0 saturated heterocycles. The number of rotatable bonds is 9. The number of nitrogens with zero attached hydrogens (tertiary/aromatic N) is 4. The van der Waals surface area contributed by atoms with Crippen molar-refractivity contribution in [3.63, 3.8) is 0 Å². The first kappa shape index (κ1) is 22.5. The fraction of sp³-hybridized carbons (Fsp3) is 0.136. The topological polar surface area (TPSA) is 140 Å². The second-order valence-corrected chi connectivity index (χ2v) is 9.78. The number of benzene rings is 2. The van der Waals surface area contributed by atoms with E-state index in [0.717, 1.165) is 22.2 Å². The molecule has 0 aliphatic heterocycles. The fourth-order valence-corrected chi connectivity index (χ4v) is 4.65. The lowest BCUT2D eigenvalue weighted by atomic mass is 10.1. The summed E-state index contributed by atoms with van der Waals surface area (Å²) in [5.41, 5.74) is 10.1. The van der Waals surface area contributed by atoms with E-state index < -0.39 is 7.44 Å². The molecule has 0 aliphatic carbocycles. The summed E-state index contributed by atoms with van der Waals surface area (Å²) >= 11 is 0. The molecule has 0 unspecified atom stereocenters. The van der Waals surface area contributed by atoms with Crippen molar-refractivity contribution in [2.75, 3.05) is 24.7 Å². The van der Waals surface area contributed by atoms with Crippen LogP contribution in [0.5, 0.6) is 0 Å². The second-order valence-electron chi connectivity index (χ2n) is 7.15. The highest BCUT2D eigenvalue weighted by Crippen LogP contribution is 2.33. The number of aromatic nitrogens is 3. The molecular formula is C22H24N9OP. The molecule has 168 valence electrons. The Labute approximate surface area is 191 Å². The van der Waals surface area contributed by atoms with Crippen LogP contribution in [0.4, 0.5) is 23.1 Å². The standard InChI is InChI=1S/C22H24N9OP/c1-24-33(32,25-2)18-8-6-17(7-9-18)29-20-14-28-22(31-23)21(30-20)27-13-15-5-10-19-16(12-15)4-3-11-26-19/h3-12,14,23H,13H2,1-2H3,(H2,24,25,32)(H2,27,29,30). The molecular weight excluding hydrogens is 437 g/mol. The van der Waals surface area contributed by atoms with Gasteiger partial charge in [0.25, 0.3) is 0 Å². The Morgan fingerprint density at radius 2 is 1.82 bits per heavy atom. The molecule has 0 bridgehead atoms. The Morgan fingerprint density at radius 3 is 2.55 bits per heavy atom. The van der Waals surface area contributed by atoms with Crippen molar-refractivity contribution in [2.45, 2.75) is 6.54 Å². The minimum atomic E-state index is -2.81. The summed E-state index contributed by atoms with van der Waals surface area (Å²) < 4.78 is 12.7. The molecule has 0 fully saturated rings. The summed E-state index contributed by atoms with van der Waals surface area (Å²) in [5, 5.41) is 17.2. The quantitative estimate of drug-likeness (QED) is 0.184. The van der Waals surface area contributed by atoms with Gasteiger partial charge in [0.1, 0.15) is 0 Å². The van der Waals surface area contributed by atoms with E-state index in [-0.39, 0.29) is 5.82 Å². The predicted octanol–water partition coefficient (Wildman–Crippen LogP) is 4.30. The van der Waals surface area contributed by atoms with Crippen LogP contribution in [0.25, 0.3) is 10.9 Å². The SMILES string of the molecule is CNP(=O)(NC)c1ccc(Nc2cnc(N=N)c(NCc3ccc4ncccc4c3)n2)cc1. The second kappa shape index (κ2) is 9.83. The van der Waals surface area contributed by atoms with Crippen LogP contribution in [0.15, 0.2) is 72.1 Å². The molecule has 11 heteroatoms. The maximum absolute atomic E-state index is 12.7. The zero-order valence-electron chi connectivity index (χ0n) is 18.2. The van der Waals surface area contributed by atoms with E-state index >= 15 is 0 Å². The van der Waals surface area contributed by atoms with E-state index in [1.807, 2.05) is 36.4 Å². The number of anilines is 3. The molecule has 0 saturated carbocycles. The average molecular weight is 461 g/mol. The third kappa shape index (κ3) is 5.04. The van der Waals surface area contributed by atoms with Gasteiger partial charge in [0, 0.05) is 29.1 Å². The first-order chi connectivity index (χ1) is 16.0. The summed E-state index contributed by atoms with van der Waals surface area (Å²) in [7, 11) is 0.497. The fourth-order valence-electron chi connectivity index (χ4n) is 3.34. The number of nitrogens with one attached hydrogen (secondary N) is 5. The minimum absolute atomic E-state index is 0.197. The van der Waals surface area contributed by atoms with Gasteiger partial charge in [-0.25, -0.2) is 15.5 Å². The van der Waals surface area contributed by atoms with E-state index in [2.05, 4.69) is 46.9 Å². The van der Waals surface area contributed by atoms with Crippen LogP contribution in [-0.2, 0) is 11.1 Å². The Balaban J connectivity index is 1.50. The van der Waals surface area contributed by atoms with Crippen LogP contribution in [0.2, 0.25) is 0 Å². The van der Waals surface area contributed by atoms with Crippen molar-refractivity contribution in [2.24, 2.45) is 5.11 Å². The van der Waals surface area contributed by atoms with Gasteiger partial charge in [-0.05, 0) is 62.1 Å². The van der Waals surface area contributed by atoms with E-state index in [9.17, 15) is 4.57 Å². The van der Waals surface area contributed by atoms with E-state index in [1.165, 1.54) is 6.20 Å². The lowest BCUT2D eigenvalue weighted by Crippen LogP contribution is -2.25. The summed E-state index contributed by atoms with van der Waals surface area (Å²) in [6.07, 6.45) is 3.28. The van der Waals surface area contributed by atoms with Gasteiger partial charge < -0.3 is 10.6 Å². The summed E-state index contributed by atoms with van der Waals surface area (Å²) in [6, 6.07) is 17.1. The van der Waals surface area contributed by atoms with Crippen molar-refractivity contribution in [3.05, 3.63) is 72.6 Å². The largest absolute Gasteiger partial charge is 0.363 e. The summed E-state index contributed by atoms with van der Waals surface area (Å²) in [5.74, 6) is 1.08. The number of fused-ring (bicyclic) bond motifs is 1. The molecule has 0 spiro atoms. The van der Waals surface area contributed by atoms with Crippen LogP contribution in [0.3, 0.4) is 0 Å². The molecule has 0 amide bonds. The Kier molecular flexibility index (Phi) is 6.69. The van der Waals surface area contributed by atoms with Crippen molar-refractivity contribution in [1.82, 2.24) is 25.1 Å². The van der Waals surface area contributed by atoms with E-state index in [0.29, 0.717) is 23.5 Å². The van der Waals surface area contributed by atoms with Gasteiger partial charge in [0.2, 0.25) is 13.3 Å². The highest BCUT2D eigenvalue weighted by Gasteiger charge is 2.19. The summed E-state index contributed by atoms with van der Waals surface area (Å²) in [4.78, 5) is 13.1. The molecule has 10 nitrogen and oxygen atoms in total. The van der Waals surface area contributed by atoms with Gasteiger partial charge in [-0.1, -0.05) is 12.1 Å². The third-order valence-electron chi connectivity index (χ3n) is 5.12. The lowest BCUT2D eigenvalue weighted by Gasteiger charge is -2.16. The molecule has 2 aromatic heterocycles. The van der Waals surface area contributed by atoms with E-state index in [4.69, 9.17) is 5.53 Å². The Morgan fingerprint density at radius 1 is 1.03 bits per heavy atom. The van der Waals surface area contributed by atoms with Crippen molar-refractivity contribution in [1.29, 1.82) is 5.53 Å². The van der Waals surface area contributed by atoms with Crippen LogP contribution in [0, 0.1) is 5.53 Å². The van der Waals surface area contributed by atoms with E-state index in [1.54, 1.807) is 32.4 Å². The third-order valence-corrected chi connectivity index (χ3v) is 7.40. The maximum Gasteiger partial charge on any atom is 0.240 e. The maximum atomic E-state index is 12.7. The first-order valence-corrected chi connectivity index (χ1v) is 11.9. The molecule has 2 aromatic carbocycles. The van der Waals surface area contributed by atoms with Crippen LogP contribution >= 0.6 is 7.44 Å². The van der Waals surface area contributed by atoms with Gasteiger partial charge in [-0.15, -0.1) is 5.11 Å². The Hall–Kier alpha value is -3.72. The number of pyridine rings is 1. The lowest BCUT2D eigenvalue weighted by molar-refractivity contribution is 0.570. The van der Waals surface area contributed by atoms with Gasteiger partial charge in [0.05, 0.1) is 11.7 Å². The molecule has 0 atom stereocenters. The highest BCUT2D eigenvalue weighted by molar-refractivity contribution is 7.67. The van der Waals surface area contributed by atoms with Gasteiger partial charge in [0.15, 0.2) is 11.6 Å². The average Bonchev–Trinajstić information content (AvgIpc) is 2.87. The number of hydrogen-bond donors (Lipinski definition) is 5. The van der Waals surface area contributed by atoms with Gasteiger partial charge in [-0.3, -0.25) is 19.7 Å². The normalized spacial score (nSPS) is 11.3. The van der Waals surface area contributed by atoms with Crippen LogP contribution in [0.1, 0.15) is 5.56 Å². The molecule has 4 rings (SSSR count). The molecule has 2 heterocycles. The highest BCUT2D eigenvalue weighted by atomic mass is 31.2. The summed E-state index contributed by atoms with van der Waals surface area (Å²) in [6.45, 7) is 0.490. The van der Waals surface area contributed by atoms with Gasteiger partial charge >= 0.3 is 0 Å². The zero-order chi connectivity index (χ0) is 23.3.